The van der Waals surface area contributed by atoms with E-state index in [1.807, 2.05) is 32.0 Å². The summed E-state index contributed by atoms with van der Waals surface area (Å²) in [5.74, 6) is 0.0142. The summed E-state index contributed by atoms with van der Waals surface area (Å²) in [6.07, 6.45) is 2.16. The molecule has 0 saturated carbocycles. The van der Waals surface area contributed by atoms with E-state index in [0.717, 1.165) is 29.5 Å². The number of carbonyl (C=O) groups excluding carboxylic acids is 2. The van der Waals surface area contributed by atoms with Crippen LogP contribution in [0.25, 0.3) is 0 Å². The molecule has 0 radical (unpaired) electrons. The van der Waals surface area contributed by atoms with E-state index in [0.29, 0.717) is 17.7 Å². The van der Waals surface area contributed by atoms with Crippen LogP contribution in [0.15, 0.2) is 30.3 Å². The largest absolute Gasteiger partial charge is 0.426 e. The van der Waals surface area contributed by atoms with Crippen molar-refractivity contribution in [3.8, 4) is 5.75 Å². The van der Waals surface area contributed by atoms with Crippen molar-refractivity contribution < 1.29 is 19.1 Å². The summed E-state index contributed by atoms with van der Waals surface area (Å²) < 4.78 is 11.4. The first-order valence-corrected chi connectivity index (χ1v) is 9.34. The second kappa shape index (κ2) is 6.31. The Morgan fingerprint density at radius 1 is 1.11 bits per heavy atom. The molecule has 0 aromatic heterocycles. The lowest BCUT2D eigenvalue weighted by Crippen LogP contribution is -2.44. The molecule has 0 saturated heterocycles. The maximum atomic E-state index is 13.4. The van der Waals surface area contributed by atoms with Gasteiger partial charge in [0.15, 0.2) is 5.78 Å². The SMILES string of the molecule is COC1(C2Cc3cc(C)c(OC(C)=O)c(C)c3C2=O)Cc2ccccc2C1. The first-order valence-electron chi connectivity index (χ1n) is 9.34. The fraction of sp³-hybridized carbons (Fsp3) is 0.391. The third kappa shape index (κ3) is 2.71. The molecule has 1 atom stereocenters. The van der Waals surface area contributed by atoms with Crippen molar-refractivity contribution in [1.82, 2.24) is 0 Å². The molecule has 27 heavy (non-hydrogen) atoms. The Labute approximate surface area is 159 Å². The fourth-order valence-electron chi connectivity index (χ4n) is 4.91. The number of aryl methyl sites for hydroxylation is 1. The summed E-state index contributed by atoms with van der Waals surface area (Å²) in [6.45, 7) is 5.17. The van der Waals surface area contributed by atoms with Crippen LogP contribution in [0.5, 0.6) is 5.75 Å². The number of methoxy groups -OCH3 is 1. The van der Waals surface area contributed by atoms with Gasteiger partial charge < -0.3 is 9.47 Å². The third-order valence-electron chi connectivity index (χ3n) is 6.16. The zero-order chi connectivity index (χ0) is 19.3. The first kappa shape index (κ1) is 17.9. The number of Topliss-reactive ketones (excluding diaryl/α,β-unsaturated/α-hetero) is 1. The standard InChI is InChI=1S/C23H24O4/c1-13-9-18-10-19(21(25)20(18)14(2)22(13)27-15(3)24)23(26-4)11-16-7-5-6-8-17(16)12-23/h5-9,19H,10-12H2,1-4H3. The van der Waals surface area contributed by atoms with Gasteiger partial charge in [-0.05, 0) is 42.5 Å². The van der Waals surface area contributed by atoms with Crippen molar-refractivity contribution in [2.75, 3.05) is 7.11 Å². The van der Waals surface area contributed by atoms with Crippen LogP contribution in [-0.4, -0.2) is 24.5 Å². The first-order chi connectivity index (χ1) is 12.9. The lowest BCUT2D eigenvalue weighted by molar-refractivity contribution is -0.132. The van der Waals surface area contributed by atoms with Crippen molar-refractivity contribution in [3.05, 3.63) is 63.7 Å². The Hall–Kier alpha value is -2.46. The quantitative estimate of drug-likeness (QED) is 0.615. The Morgan fingerprint density at radius 3 is 2.30 bits per heavy atom. The highest BCUT2D eigenvalue weighted by Crippen LogP contribution is 2.46. The van der Waals surface area contributed by atoms with Crippen LogP contribution in [0.1, 0.15) is 45.1 Å². The molecule has 2 aromatic carbocycles. The Kier molecular flexibility index (Phi) is 4.19. The van der Waals surface area contributed by atoms with E-state index in [4.69, 9.17) is 9.47 Å². The van der Waals surface area contributed by atoms with Crippen LogP contribution in [0.4, 0.5) is 0 Å². The molecular formula is C23H24O4. The molecule has 0 heterocycles. The molecule has 0 aliphatic heterocycles. The lowest BCUT2D eigenvalue weighted by atomic mass is 9.81. The molecule has 0 fully saturated rings. The molecule has 4 nitrogen and oxygen atoms in total. The number of rotatable bonds is 3. The van der Waals surface area contributed by atoms with Crippen LogP contribution in [0, 0.1) is 19.8 Å². The molecular weight excluding hydrogens is 340 g/mol. The predicted molar refractivity (Wildman–Crippen MR) is 102 cm³/mol. The third-order valence-corrected chi connectivity index (χ3v) is 6.16. The molecule has 2 aromatic rings. The molecule has 2 aliphatic carbocycles. The smallest absolute Gasteiger partial charge is 0.308 e. The average Bonchev–Trinajstić information content (AvgIpc) is 3.17. The highest BCUT2D eigenvalue weighted by molar-refractivity contribution is 6.05. The van der Waals surface area contributed by atoms with E-state index in [2.05, 4.69) is 12.1 Å². The molecule has 4 rings (SSSR count). The van der Waals surface area contributed by atoms with E-state index in [1.165, 1.54) is 18.1 Å². The molecule has 4 heteroatoms. The normalized spacial score (nSPS) is 19.7. The second-order valence-electron chi connectivity index (χ2n) is 7.79. The highest BCUT2D eigenvalue weighted by Gasteiger charge is 2.51. The fourth-order valence-corrected chi connectivity index (χ4v) is 4.91. The minimum Gasteiger partial charge on any atom is -0.426 e. The molecule has 140 valence electrons. The minimum absolute atomic E-state index is 0.102. The van der Waals surface area contributed by atoms with Gasteiger partial charge >= 0.3 is 5.97 Å². The summed E-state index contributed by atoms with van der Waals surface area (Å²) in [5.41, 5.74) is 5.39. The minimum atomic E-state index is -0.512. The van der Waals surface area contributed by atoms with Gasteiger partial charge in [0, 0.05) is 38.0 Å². The van der Waals surface area contributed by atoms with Crippen molar-refractivity contribution >= 4 is 11.8 Å². The van der Waals surface area contributed by atoms with Gasteiger partial charge in [0.2, 0.25) is 0 Å². The number of carbonyl (C=O) groups is 2. The summed E-state index contributed by atoms with van der Waals surface area (Å²) in [6, 6.07) is 10.3. The number of ether oxygens (including phenoxy) is 2. The van der Waals surface area contributed by atoms with Crippen LogP contribution in [0.3, 0.4) is 0 Å². The van der Waals surface area contributed by atoms with E-state index in [1.54, 1.807) is 7.11 Å². The van der Waals surface area contributed by atoms with Gasteiger partial charge in [-0.25, -0.2) is 0 Å². The van der Waals surface area contributed by atoms with Crippen LogP contribution >= 0.6 is 0 Å². The van der Waals surface area contributed by atoms with Gasteiger partial charge in [-0.2, -0.15) is 0 Å². The van der Waals surface area contributed by atoms with E-state index in [-0.39, 0.29) is 17.7 Å². The summed E-state index contributed by atoms with van der Waals surface area (Å²) in [7, 11) is 1.71. The van der Waals surface area contributed by atoms with Gasteiger partial charge in [-0.1, -0.05) is 30.3 Å². The molecule has 0 spiro atoms. The van der Waals surface area contributed by atoms with Crippen molar-refractivity contribution in [2.24, 2.45) is 5.92 Å². The van der Waals surface area contributed by atoms with Gasteiger partial charge in [-0.3, -0.25) is 9.59 Å². The van der Waals surface area contributed by atoms with Crippen LogP contribution in [-0.2, 0) is 28.8 Å². The van der Waals surface area contributed by atoms with Crippen molar-refractivity contribution in [3.63, 3.8) is 0 Å². The second-order valence-corrected chi connectivity index (χ2v) is 7.79. The van der Waals surface area contributed by atoms with Crippen LogP contribution in [0.2, 0.25) is 0 Å². The van der Waals surface area contributed by atoms with Gasteiger partial charge in [-0.15, -0.1) is 0 Å². The zero-order valence-electron chi connectivity index (χ0n) is 16.2. The highest BCUT2D eigenvalue weighted by atomic mass is 16.5. The Bertz CT molecular complexity index is 932. The lowest BCUT2D eigenvalue weighted by Gasteiger charge is -2.33. The molecule has 0 amide bonds. The molecule has 2 aliphatic rings. The maximum Gasteiger partial charge on any atom is 0.308 e. The number of hydrogen-bond donors (Lipinski definition) is 0. The van der Waals surface area contributed by atoms with Crippen molar-refractivity contribution in [1.29, 1.82) is 0 Å². The Morgan fingerprint density at radius 2 is 1.74 bits per heavy atom. The van der Waals surface area contributed by atoms with Gasteiger partial charge in [0.05, 0.1) is 11.5 Å². The number of benzene rings is 2. The number of fused-ring (bicyclic) bond motifs is 2. The van der Waals surface area contributed by atoms with Gasteiger partial charge in [0.25, 0.3) is 0 Å². The topological polar surface area (TPSA) is 52.6 Å². The van der Waals surface area contributed by atoms with Crippen molar-refractivity contribution in [2.45, 2.75) is 45.6 Å². The summed E-state index contributed by atoms with van der Waals surface area (Å²) >= 11 is 0. The van der Waals surface area contributed by atoms with E-state index >= 15 is 0 Å². The number of esters is 1. The van der Waals surface area contributed by atoms with E-state index < -0.39 is 5.60 Å². The molecule has 0 N–H and O–H groups in total. The zero-order valence-corrected chi connectivity index (χ0v) is 16.2. The maximum absolute atomic E-state index is 13.4. The number of hydrogen-bond acceptors (Lipinski definition) is 4. The average molecular weight is 364 g/mol. The molecule has 1 unspecified atom stereocenters. The summed E-state index contributed by atoms with van der Waals surface area (Å²) in [4.78, 5) is 24.9. The van der Waals surface area contributed by atoms with E-state index in [9.17, 15) is 9.59 Å². The van der Waals surface area contributed by atoms with Crippen LogP contribution < -0.4 is 4.74 Å². The number of ketones is 1. The monoisotopic (exact) mass is 364 g/mol. The Balaban J connectivity index is 1.74. The summed E-state index contributed by atoms with van der Waals surface area (Å²) in [5, 5.41) is 0. The molecule has 0 bridgehead atoms. The predicted octanol–water partition coefficient (Wildman–Crippen LogP) is 3.77. The van der Waals surface area contributed by atoms with Gasteiger partial charge in [0.1, 0.15) is 5.75 Å².